The molecule has 2 rings (SSSR count). The van der Waals surface area contributed by atoms with Crippen molar-refractivity contribution in [3.63, 3.8) is 0 Å². The molecule has 3 heteroatoms. The molecular formula is C10H16N2S. The number of likely N-dealkylation sites (tertiary alicyclic amines) is 1. The van der Waals surface area contributed by atoms with Crippen molar-refractivity contribution in [3.05, 3.63) is 16.6 Å². The summed E-state index contributed by atoms with van der Waals surface area (Å²) in [6.45, 7) is 5.91. The largest absolute Gasteiger partial charge is 0.297 e. The van der Waals surface area contributed by atoms with Crippen LogP contribution in [-0.4, -0.2) is 23.0 Å². The molecule has 13 heavy (non-hydrogen) atoms. The molecule has 0 aliphatic carbocycles. The Kier molecular flexibility index (Phi) is 2.96. The van der Waals surface area contributed by atoms with E-state index in [1.165, 1.54) is 30.9 Å². The molecule has 0 atom stereocenters. The van der Waals surface area contributed by atoms with Gasteiger partial charge in [0.1, 0.15) is 5.01 Å². The lowest BCUT2D eigenvalue weighted by Gasteiger charge is -2.29. The van der Waals surface area contributed by atoms with Crippen LogP contribution in [0, 0.1) is 5.92 Å². The maximum atomic E-state index is 4.31. The minimum Gasteiger partial charge on any atom is -0.297 e. The maximum Gasteiger partial charge on any atom is 0.107 e. The lowest BCUT2D eigenvalue weighted by molar-refractivity contribution is 0.185. The van der Waals surface area contributed by atoms with E-state index in [1.807, 2.05) is 6.20 Å². The monoisotopic (exact) mass is 196 g/mol. The predicted molar refractivity (Wildman–Crippen MR) is 55.8 cm³/mol. The fourth-order valence-corrected chi connectivity index (χ4v) is 2.40. The number of piperidine rings is 1. The van der Waals surface area contributed by atoms with Crippen LogP contribution >= 0.6 is 11.3 Å². The lowest BCUT2D eigenvalue weighted by Crippen LogP contribution is -2.32. The predicted octanol–water partition coefficient (Wildman–Crippen LogP) is 2.38. The number of rotatable bonds is 2. The van der Waals surface area contributed by atoms with Crippen LogP contribution in [0.5, 0.6) is 0 Å². The third kappa shape index (κ3) is 2.51. The molecule has 1 aromatic rings. The highest BCUT2D eigenvalue weighted by Crippen LogP contribution is 2.18. The molecule has 1 aliphatic heterocycles. The fraction of sp³-hybridized carbons (Fsp3) is 0.700. The maximum absolute atomic E-state index is 4.31. The molecule has 1 saturated heterocycles. The molecule has 1 aromatic heterocycles. The average Bonchev–Trinajstić information content (AvgIpc) is 2.62. The molecular weight excluding hydrogens is 180 g/mol. The Hall–Kier alpha value is -0.410. The summed E-state index contributed by atoms with van der Waals surface area (Å²) in [6.07, 6.45) is 4.60. The summed E-state index contributed by atoms with van der Waals surface area (Å²) < 4.78 is 0. The Balaban J connectivity index is 1.83. The third-order valence-electron chi connectivity index (χ3n) is 2.72. The summed E-state index contributed by atoms with van der Waals surface area (Å²) in [5.41, 5.74) is 0. The van der Waals surface area contributed by atoms with E-state index in [0.29, 0.717) is 0 Å². The van der Waals surface area contributed by atoms with E-state index in [1.54, 1.807) is 11.3 Å². The van der Waals surface area contributed by atoms with Crippen molar-refractivity contribution in [2.24, 2.45) is 5.92 Å². The van der Waals surface area contributed by atoms with Gasteiger partial charge in [-0.1, -0.05) is 6.92 Å². The Bertz CT molecular complexity index is 237. The molecule has 1 aliphatic rings. The lowest BCUT2D eigenvalue weighted by atomic mass is 9.99. The van der Waals surface area contributed by atoms with Gasteiger partial charge in [0.25, 0.3) is 0 Å². The van der Waals surface area contributed by atoms with Crippen molar-refractivity contribution in [1.82, 2.24) is 9.88 Å². The van der Waals surface area contributed by atoms with E-state index in [-0.39, 0.29) is 0 Å². The van der Waals surface area contributed by atoms with Crippen molar-refractivity contribution in [1.29, 1.82) is 0 Å². The summed E-state index contributed by atoms with van der Waals surface area (Å²) in [5.74, 6) is 0.924. The molecule has 0 unspecified atom stereocenters. The first kappa shape index (κ1) is 9.16. The van der Waals surface area contributed by atoms with Crippen LogP contribution in [0.25, 0.3) is 0 Å². The van der Waals surface area contributed by atoms with Crippen molar-refractivity contribution in [2.75, 3.05) is 13.1 Å². The van der Waals surface area contributed by atoms with Crippen LogP contribution in [0.2, 0.25) is 0 Å². The molecule has 0 N–H and O–H groups in total. The molecule has 0 amide bonds. The minimum atomic E-state index is 0.924. The van der Waals surface area contributed by atoms with E-state index >= 15 is 0 Å². The summed E-state index contributed by atoms with van der Waals surface area (Å²) >= 11 is 1.76. The van der Waals surface area contributed by atoms with Gasteiger partial charge in [-0.3, -0.25) is 4.90 Å². The number of hydrogen-bond acceptors (Lipinski definition) is 3. The molecule has 2 nitrogen and oxygen atoms in total. The Labute approximate surface area is 83.6 Å². The van der Waals surface area contributed by atoms with Gasteiger partial charge in [0.05, 0.1) is 6.54 Å². The van der Waals surface area contributed by atoms with E-state index in [0.717, 1.165) is 12.5 Å². The minimum absolute atomic E-state index is 0.924. The Morgan fingerprint density at radius 3 is 2.92 bits per heavy atom. The molecule has 0 saturated carbocycles. The number of aromatic nitrogens is 1. The van der Waals surface area contributed by atoms with Gasteiger partial charge in [-0.05, 0) is 31.8 Å². The Morgan fingerprint density at radius 1 is 1.54 bits per heavy atom. The molecule has 0 radical (unpaired) electrons. The van der Waals surface area contributed by atoms with Gasteiger partial charge in [0, 0.05) is 11.6 Å². The zero-order valence-corrected chi connectivity index (χ0v) is 8.89. The van der Waals surface area contributed by atoms with Gasteiger partial charge in [-0.25, -0.2) is 4.98 Å². The normalized spacial score (nSPS) is 20.7. The number of hydrogen-bond donors (Lipinski definition) is 0. The van der Waals surface area contributed by atoms with Crippen molar-refractivity contribution < 1.29 is 0 Å². The van der Waals surface area contributed by atoms with Crippen LogP contribution in [0.4, 0.5) is 0 Å². The first-order valence-electron chi connectivity index (χ1n) is 4.95. The quantitative estimate of drug-likeness (QED) is 0.722. The highest BCUT2D eigenvalue weighted by Gasteiger charge is 2.15. The van der Waals surface area contributed by atoms with Crippen LogP contribution in [-0.2, 0) is 6.54 Å². The van der Waals surface area contributed by atoms with Crippen LogP contribution in [0.15, 0.2) is 11.6 Å². The second-order valence-electron chi connectivity index (χ2n) is 3.88. The van der Waals surface area contributed by atoms with Crippen molar-refractivity contribution in [3.8, 4) is 0 Å². The van der Waals surface area contributed by atoms with Crippen LogP contribution in [0.3, 0.4) is 0 Å². The summed E-state index contributed by atoms with van der Waals surface area (Å²) in [6, 6.07) is 0. The first-order valence-corrected chi connectivity index (χ1v) is 5.83. The molecule has 0 spiro atoms. The fourth-order valence-electron chi connectivity index (χ4n) is 1.74. The number of nitrogens with zero attached hydrogens (tertiary/aromatic N) is 2. The summed E-state index contributed by atoms with van der Waals surface area (Å²) in [7, 11) is 0. The van der Waals surface area contributed by atoms with Gasteiger partial charge in [-0.2, -0.15) is 0 Å². The third-order valence-corrected chi connectivity index (χ3v) is 3.48. The topological polar surface area (TPSA) is 16.1 Å². The molecule has 2 heterocycles. The second kappa shape index (κ2) is 4.20. The van der Waals surface area contributed by atoms with Gasteiger partial charge in [0.15, 0.2) is 0 Å². The smallest absolute Gasteiger partial charge is 0.107 e. The second-order valence-corrected chi connectivity index (χ2v) is 4.86. The van der Waals surface area contributed by atoms with E-state index in [2.05, 4.69) is 22.2 Å². The van der Waals surface area contributed by atoms with E-state index in [9.17, 15) is 0 Å². The molecule has 72 valence electrons. The molecule has 1 fully saturated rings. The average molecular weight is 196 g/mol. The Morgan fingerprint density at radius 2 is 2.31 bits per heavy atom. The van der Waals surface area contributed by atoms with Crippen LogP contribution < -0.4 is 0 Å². The van der Waals surface area contributed by atoms with Crippen molar-refractivity contribution >= 4 is 11.3 Å². The molecule has 0 aromatic carbocycles. The number of thiazole rings is 1. The van der Waals surface area contributed by atoms with Gasteiger partial charge < -0.3 is 0 Å². The van der Waals surface area contributed by atoms with Gasteiger partial charge in [0.2, 0.25) is 0 Å². The zero-order valence-electron chi connectivity index (χ0n) is 8.07. The SMILES string of the molecule is CC1CCN(Cc2nccs2)CC1. The van der Waals surface area contributed by atoms with E-state index in [4.69, 9.17) is 0 Å². The van der Waals surface area contributed by atoms with Gasteiger partial charge in [-0.15, -0.1) is 11.3 Å². The highest BCUT2D eigenvalue weighted by molar-refractivity contribution is 7.09. The highest BCUT2D eigenvalue weighted by atomic mass is 32.1. The summed E-state index contributed by atoms with van der Waals surface area (Å²) in [5, 5.41) is 3.32. The molecule has 0 bridgehead atoms. The van der Waals surface area contributed by atoms with E-state index < -0.39 is 0 Å². The van der Waals surface area contributed by atoms with Crippen LogP contribution in [0.1, 0.15) is 24.8 Å². The standard InChI is InChI=1S/C10H16N2S/c1-9-2-5-12(6-3-9)8-10-11-4-7-13-10/h4,7,9H,2-3,5-6,8H2,1H3. The summed E-state index contributed by atoms with van der Waals surface area (Å²) in [4.78, 5) is 6.82. The first-order chi connectivity index (χ1) is 6.34. The zero-order chi connectivity index (χ0) is 9.10. The van der Waals surface area contributed by atoms with Gasteiger partial charge >= 0.3 is 0 Å². The van der Waals surface area contributed by atoms with Crippen molar-refractivity contribution in [2.45, 2.75) is 26.3 Å².